The van der Waals surface area contributed by atoms with Crippen LogP contribution in [0.25, 0.3) is 0 Å². The number of sulfonamides is 1. The summed E-state index contributed by atoms with van der Waals surface area (Å²) in [5, 5.41) is 10.4. The number of nitrogens with two attached hydrogens (primary N) is 1. The summed E-state index contributed by atoms with van der Waals surface area (Å²) in [5.74, 6) is -0.248. The van der Waals surface area contributed by atoms with Gasteiger partial charge < -0.3 is 10.6 Å². The molecule has 0 saturated carbocycles. The number of aromatic nitrogens is 1. The van der Waals surface area contributed by atoms with E-state index in [0.29, 0.717) is 22.4 Å². The first-order valence-corrected chi connectivity index (χ1v) is 8.52. The van der Waals surface area contributed by atoms with Crippen LogP contribution in [0.1, 0.15) is 23.7 Å². The zero-order chi connectivity index (χ0) is 15.2. The minimum Gasteiger partial charge on any atom is -0.369 e. The lowest BCUT2D eigenvalue weighted by Crippen LogP contribution is -2.32. The smallest absolute Gasteiger partial charge is 0.255 e. The molecule has 0 aliphatic heterocycles. The monoisotopic (exact) mass is 364 g/mol. The molecule has 0 atom stereocenters. The number of hydrogen-bond acceptors (Lipinski definition) is 5. The largest absolute Gasteiger partial charge is 0.369 e. The summed E-state index contributed by atoms with van der Waals surface area (Å²) in [6.07, 6.45) is 2.48. The van der Waals surface area contributed by atoms with Gasteiger partial charge in [-0.05, 0) is 28.4 Å². The molecule has 0 unspecified atom stereocenters. The number of carbonyl (C=O) groups excluding carboxylic acids is 1. The van der Waals surface area contributed by atoms with Gasteiger partial charge in [-0.25, -0.2) is 18.5 Å². The fourth-order valence-corrected chi connectivity index (χ4v) is 2.12. The van der Waals surface area contributed by atoms with Crippen LogP contribution >= 0.6 is 15.9 Å². The number of primary sulfonamides is 1. The highest BCUT2D eigenvalue weighted by molar-refractivity contribution is 9.10. The van der Waals surface area contributed by atoms with Gasteiger partial charge in [-0.15, -0.1) is 0 Å². The van der Waals surface area contributed by atoms with E-state index in [1.807, 2.05) is 6.92 Å². The molecule has 0 spiro atoms. The molecule has 0 saturated heterocycles. The molecule has 4 N–H and O–H groups in total. The van der Waals surface area contributed by atoms with Crippen molar-refractivity contribution in [3.63, 3.8) is 0 Å². The lowest BCUT2D eigenvalue weighted by atomic mass is 10.2. The molecule has 1 rings (SSSR count). The Morgan fingerprint density at radius 1 is 1.45 bits per heavy atom. The maximum atomic E-state index is 12.0. The third-order valence-corrected chi connectivity index (χ3v) is 3.52. The van der Waals surface area contributed by atoms with Crippen LogP contribution in [0.3, 0.4) is 0 Å². The summed E-state index contributed by atoms with van der Waals surface area (Å²) in [5.41, 5.74) is 0.349. The number of carbonyl (C=O) groups is 1. The number of anilines is 1. The van der Waals surface area contributed by atoms with Crippen LogP contribution in [0.2, 0.25) is 0 Å². The predicted octanol–water partition coefficient (Wildman–Crippen LogP) is 0.684. The van der Waals surface area contributed by atoms with Gasteiger partial charge in [-0.2, -0.15) is 0 Å². The van der Waals surface area contributed by atoms with E-state index < -0.39 is 15.9 Å². The normalized spacial score (nSPS) is 11.2. The number of rotatable bonds is 7. The van der Waals surface area contributed by atoms with E-state index in [1.165, 1.54) is 0 Å². The molecule has 1 aromatic rings. The van der Waals surface area contributed by atoms with E-state index in [1.54, 1.807) is 12.3 Å². The van der Waals surface area contributed by atoms with Crippen LogP contribution in [0.5, 0.6) is 0 Å². The Balaban J connectivity index is 2.77. The summed E-state index contributed by atoms with van der Waals surface area (Å²) in [6, 6.07) is 1.62. The highest BCUT2D eigenvalue weighted by Gasteiger charge is 2.13. The van der Waals surface area contributed by atoms with Gasteiger partial charge in [0.05, 0.1) is 11.3 Å². The summed E-state index contributed by atoms with van der Waals surface area (Å²) >= 11 is 3.25. The Bertz CT molecular complexity index is 577. The van der Waals surface area contributed by atoms with Gasteiger partial charge in [0.15, 0.2) is 0 Å². The average molecular weight is 365 g/mol. The maximum Gasteiger partial charge on any atom is 0.255 e. The minimum atomic E-state index is -3.59. The van der Waals surface area contributed by atoms with E-state index in [2.05, 4.69) is 31.5 Å². The molecule has 0 radical (unpaired) electrons. The molecule has 0 aliphatic rings. The third kappa shape index (κ3) is 5.85. The molecule has 7 nitrogen and oxygen atoms in total. The van der Waals surface area contributed by atoms with Gasteiger partial charge in [-0.1, -0.05) is 6.92 Å². The van der Waals surface area contributed by atoms with Gasteiger partial charge in [0, 0.05) is 23.8 Å². The molecule has 1 amide bonds. The second-order valence-electron chi connectivity index (χ2n) is 4.10. The number of halogens is 1. The van der Waals surface area contributed by atoms with Crippen LogP contribution in [0, 0.1) is 0 Å². The van der Waals surface area contributed by atoms with Gasteiger partial charge in [0.25, 0.3) is 5.91 Å². The first-order chi connectivity index (χ1) is 9.33. The molecular formula is C11H17BrN4O3S. The number of amides is 1. The Hall–Kier alpha value is -1.19. The molecule has 112 valence electrons. The van der Waals surface area contributed by atoms with Crippen LogP contribution in [0.4, 0.5) is 5.82 Å². The Kier molecular flexibility index (Phi) is 6.37. The van der Waals surface area contributed by atoms with Crippen molar-refractivity contribution in [1.29, 1.82) is 0 Å². The zero-order valence-electron chi connectivity index (χ0n) is 11.0. The third-order valence-electron chi connectivity index (χ3n) is 2.31. The second kappa shape index (κ2) is 7.55. The number of nitrogens with zero attached hydrogens (tertiary/aromatic N) is 1. The standard InChI is InChI=1S/C11H17BrN4O3S/c1-2-3-14-10-9(6-8(12)7-16-10)11(17)15-4-5-20(13,18)19/h6-7H,2-5H2,1H3,(H,14,16)(H,15,17)(H2,13,18,19). The van der Waals surface area contributed by atoms with E-state index in [-0.39, 0.29) is 12.3 Å². The number of pyridine rings is 1. The van der Waals surface area contributed by atoms with Gasteiger partial charge in [-0.3, -0.25) is 4.79 Å². The fraction of sp³-hybridized carbons (Fsp3) is 0.455. The quantitative estimate of drug-likeness (QED) is 0.658. The molecule has 20 heavy (non-hydrogen) atoms. The van der Waals surface area contributed by atoms with Crippen molar-refractivity contribution in [2.75, 3.05) is 24.2 Å². The highest BCUT2D eigenvalue weighted by Crippen LogP contribution is 2.18. The summed E-state index contributed by atoms with van der Waals surface area (Å²) < 4.78 is 22.3. The van der Waals surface area contributed by atoms with Crippen molar-refractivity contribution in [2.45, 2.75) is 13.3 Å². The van der Waals surface area contributed by atoms with Crippen molar-refractivity contribution >= 4 is 37.7 Å². The molecule has 0 aliphatic carbocycles. The SMILES string of the molecule is CCCNc1ncc(Br)cc1C(=O)NCCS(N)(=O)=O. The molecule has 0 aromatic carbocycles. The first-order valence-electron chi connectivity index (χ1n) is 6.01. The van der Waals surface area contributed by atoms with E-state index in [0.717, 1.165) is 6.42 Å². The van der Waals surface area contributed by atoms with Crippen LogP contribution in [-0.2, 0) is 10.0 Å². The van der Waals surface area contributed by atoms with Crippen LogP contribution in [-0.4, -0.2) is 38.2 Å². The van der Waals surface area contributed by atoms with Gasteiger partial charge >= 0.3 is 0 Å². The lowest BCUT2D eigenvalue weighted by molar-refractivity contribution is 0.0956. The van der Waals surface area contributed by atoms with Crippen LogP contribution in [0.15, 0.2) is 16.7 Å². The molecule has 1 heterocycles. The Labute approximate surface area is 126 Å². The number of nitrogens with one attached hydrogen (secondary N) is 2. The molecular weight excluding hydrogens is 348 g/mol. The average Bonchev–Trinajstić information content (AvgIpc) is 2.35. The van der Waals surface area contributed by atoms with Crippen molar-refractivity contribution in [2.24, 2.45) is 5.14 Å². The van der Waals surface area contributed by atoms with E-state index >= 15 is 0 Å². The highest BCUT2D eigenvalue weighted by atomic mass is 79.9. The molecule has 0 fully saturated rings. The van der Waals surface area contributed by atoms with E-state index in [9.17, 15) is 13.2 Å². The van der Waals surface area contributed by atoms with Crippen molar-refractivity contribution < 1.29 is 13.2 Å². The molecule has 9 heteroatoms. The predicted molar refractivity (Wildman–Crippen MR) is 81.0 cm³/mol. The number of hydrogen-bond donors (Lipinski definition) is 3. The van der Waals surface area contributed by atoms with Gasteiger partial charge in [0.1, 0.15) is 5.82 Å². The Morgan fingerprint density at radius 3 is 2.75 bits per heavy atom. The van der Waals surface area contributed by atoms with Crippen molar-refractivity contribution in [3.05, 3.63) is 22.3 Å². The van der Waals surface area contributed by atoms with Gasteiger partial charge in [0.2, 0.25) is 10.0 Å². The zero-order valence-corrected chi connectivity index (χ0v) is 13.4. The molecule has 0 bridgehead atoms. The topological polar surface area (TPSA) is 114 Å². The van der Waals surface area contributed by atoms with Crippen molar-refractivity contribution in [1.82, 2.24) is 10.3 Å². The molecule has 1 aromatic heterocycles. The summed E-state index contributed by atoms with van der Waals surface area (Å²) in [6.45, 7) is 2.64. The summed E-state index contributed by atoms with van der Waals surface area (Å²) in [4.78, 5) is 16.2. The maximum absolute atomic E-state index is 12.0. The lowest BCUT2D eigenvalue weighted by Gasteiger charge is -2.11. The van der Waals surface area contributed by atoms with Crippen LogP contribution < -0.4 is 15.8 Å². The summed E-state index contributed by atoms with van der Waals surface area (Å²) in [7, 11) is -3.59. The van der Waals surface area contributed by atoms with Crippen molar-refractivity contribution in [3.8, 4) is 0 Å². The second-order valence-corrected chi connectivity index (χ2v) is 6.75. The first kappa shape index (κ1) is 16.9. The Morgan fingerprint density at radius 2 is 2.15 bits per heavy atom. The fourth-order valence-electron chi connectivity index (χ4n) is 1.40. The minimum absolute atomic E-state index is 0.0442. The van der Waals surface area contributed by atoms with E-state index in [4.69, 9.17) is 5.14 Å².